The highest BCUT2D eigenvalue weighted by molar-refractivity contribution is 7.87. The van der Waals surface area contributed by atoms with Gasteiger partial charge >= 0.3 is 5.97 Å². The highest BCUT2D eigenvalue weighted by atomic mass is 32.2. The van der Waals surface area contributed by atoms with Crippen molar-refractivity contribution in [2.24, 2.45) is 0 Å². The summed E-state index contributed by atoms with van der Waals surface area (Å²) in [6.45, 7) is 5.06. The van der Waals surface area contributed by atoms with E-state index in [1.807, 2.05) is 31.2 Å². The normalized spacial score (nSPS) is 29.7. The van der Waals surface area contributed by atoms with Gasteiger partial charge in [0.05, 0.1) is 22.0 Å². The first-order valence-corrected chi connectivity index (χ1v) is 9.16. The van der Waals surface area contributed by atoms with Crippen LogP contribution in [-0.4, -0.2) is 54.2 Å². The van der Waals surface area contributed by atoms with Crippen LogP contribution in [0.5, 0.6) is 0 Å². The monoisotopic (exact) mass is 364 g/mol. The Kier molecular flexibility index (Phi) is 4.18. The molecule has 2 saturated heterocycles. The van der Waals surface area contributed by atoms with Gasteiger partial charge in [-0.05, 0) is 26.3 Å². The fourth-order valence-electron chi connectivity index (χ4n) is 3.52. The van der Waals surface area contributed by atoms with Crippen LogP contribution in [0.4, 0.5) is 0 Å². The van der Waals surface area contributed by atoms with Gasteiger partial charge in [0.25, 0.3) is 0 Å². The first kappa shape index (κ1) is 17.6. The molecule has 7 nitrogen and oxygen atoms in total. The van der Waals surface area contributed by atoms with Gasteiger partial charge in [-0.15, -0.1) is 0 Å². The Balaban J connectivity index is 1.73. The number of aliphatic carboxylic acids is 1. The molecule has 2 amide bonds. The molecule has 2 heterocycles. The van der Waals surface area contributed by atoms with Crippen LogP contribution in [0.15, 0.2) is 24.3 Å². The molecule has 134 valence electrons. The molecule has 2 aliphatic rings. The molecule has 2 N–H and O–H groups in total. The molecule has 25 heavy (non-hydrogen) atoms. The number of carbonyl (C=O) groups is 3. The lowest BCUT2D eigenvalue weighted by atomic mass is 9.96. The number of rotatable bonds is 4. The van der Waals surface area contributed by atoms with Crippen molar-refractivity contribution in [1.82, 2.24) is 10.2 Å². The first-order valence-electron chi connectivity index (χ1n) is 7.95. The maximum absolute atomic E-state index is 12.6. The van der Waals surface area contributed by atoms with Crippen LogP contribution < -0.4 is 5.32 Å². The molecule has 3 rings (SSSR count). The maximum Gasteiger partial charge on any atom is 0.328 e. The SMILES string of the molecule is Cc1cccc(CC(=O)N[C@@H]2C(=O)N3[C@@H]2[S@@](=O)C(C)(C)[C@@H]3C(=O)O)c1. The topological polar surface area (TPSA) is 104 Å². The fraction of sp³-hybridized carbons (Fsp3) is 0.471. The molecule has 1 aromatic carbocycles. The lowest BCUT2D eigenvalue weighted by Crippen LogP contribution is -2.71. The highest BCUT2D eigenvalue weighted by Crippen LogP contribution is 2.43. The van der Waals surface area contributed by atoms with Gasteiger partial charge in [0.1, 0.15) is 17.5 Å². The number of hydrogen-bond acceptors (Lipinski definition) is 4. The molecule has 0 unspecified atom stereocenters. The van der Waals surface area contributed by atoms with Gasteiger partial charge in [0, 0.05) is 0 Å². The Morgan fingerprint density at radius 1 is 1.36 bits per heavy atom. The van der Waals surface area contributed by atoms with Crippen molar-refractivity contribution < 1.29 is 23.7 Å². The molecule has 2 fully saturated rings. The Bertz CT molecular complexity index is 791. The number of nitrogens with zero attached hydrogens (tertiary/aromatic N) is 1. The van der Waals surface area contributed by atoms with Crippen molar-refractivity contribution in [2.45, 2.75) is 49.4 Å². The van der Waals surface area contributed by atoms with Gasteiger partial charge in [-0.2, -0.15) is 0 Å². The number of carbonyl (C=O) groups excluding carboxylic acids is 2. The number of hydrogen-bond donors (Lipinski definition) is 2. The van der Waals surface area contributed by atoms with E-state index >= 15 is 0 Å². The van der Waals surface area contributed by atoms with Gasteiger partial charge in [0.2, 0.25) is 11.8 Å². The van der Waals surface area contributed by atoms with E-state index in [9.17, 15) is 23.7 Å². The summed E-state index contributed by atoms with van der Waals surface area (Å²) in [5.41, 5.74) is 1.84. The van der Waals surface area contributed by atoms with Gasteiger partial charge in [0.15, 0.2) is 0 Å². The van der Waals surface area contributed by atoms with Gasteiger partial charge < -0.3 is 15.3 Å². The minimum Gasteiger partial charge on any atom is -0.480 e. The van der Waals surface area contributed by atoms with Crippen molar-refractivity contribution in [2.75, 3.05) is 0 Å². The number of aryl methyl sites for hydroxylation is 1. The van der Waals surface area contributed by atoms with Crippen LogP contribution in [-0.2, 0) is 31.6 Å². The van der Waals surface area contributed by atoms with E-state index in [2.05, 4.69) is 5.32 Å². The van der Waals surface area contributed by atoms with Crippen molar-refractivity contribution in [3.8, 4) is 0 Å². The van der Waals surface area contributed by atoms with Crippen molar-refractivity contribution >= 4 is 28.6 Å². The molecule has 0 bridgehead atoms. The number of β-lactam (4-membered cyclic amide) rings is 1. The van der Waals surface area contributed by atoms with Crippen molar-refractivity contribution in [1.29, 1.82) is 0 Å². The lowest BCUT2D eigenvalue weighted by molar-refractivity contribution is -0.161. The zero-order chi connectivity index (χ0) is 18.5. The summed E-state index contributed by atoms with van der Waals surface area (Å²) in [6.07, 6.45) is 0.108. The first-order chi connectivity index (χ1) is 11.6. The Morgan fingerprint density at radius 3 is 2.64 bits per heavy atom. The Labute approximate surface area is 147 Å². The molecule has 0 radical (unpaired) electrons. The van der Waals surface area contributed by atoms with Crippen LogP contribution in [0.3, 0.4) is 0 Å². The van der Waals surface area contributed by atoms with Crippen LogP contribution >= 0.6 is 0 Å². The van der Waals surface area contributed by atoms with Crippen LogP contribution in [0.25, 0.3) is 0 Å². The third kappa shape index (κ3) is 2.74. The summed E-state index contributed by atoms with van der Waals surface area (Å²) in [7, 11) is -1.58. The number of amides is 2. The average molecular weight is 364 g/mol. The standard InChI is InChI=1S/C17H20N2O5S/c1-9-5-4-6-10(7-9)8-11(20)18-12-14(21)19-13(16(22)23)17(2,3)25(24)15(12)19/h4-7,12-13,15H,8H2,1-3H3,(H,18,20)(H,22,23)/t12-,13+,15-,25-/m1/s1. The number of fused-ring (bicyclic) bond motifs is 1. The summed E-state index contributed by atoms with van der Waals surface area (Å²) >= 11 is 0. The zero-order valence-electron chi connectivity index (χ0n) is 14.2. The van der Waals surface area contributed by atoms with E-state index in [1.54, 1.807) is 13.8 Å². The fourth-order valence-corrected chi connectivity index (χ4v) is 5.45. The number of carboxylic acids is 1. The van der Waals surface area contributed by atoms with Gasteiger partial charge in [-0.1, -0.05) is 29.8 Å². The van der Waals surface area contributed by atoms with E-state index in [0.717, 1.165) is 16.0 Å². The van der Waals surface area contributed by atoms with Gasteiger partial charge in [-0.3, -0.25) is 13.8 Å². The molecule has 1 aromatic rings. The molecule has 0 spiro atoms. The molecule has 4 atom stereocenters. The van der Waals surface area contributed by atoms with E-state index in [1.165, 1.54) is 0 Å². The predicted octanol–water partition coefficient (Wildman–Crippen LogP) is 0.185. The zero-order valence-corrected chi connectivity index (χ0v) is 15.0. The second kappa shape index (κ2) is 5.94. The minimum atomic E-state index is -1.58. The van der Waals surface area contributed by atoms with E-state index in [-0.39, 0.29) is 12.3 Å². The number of carboxylic acid groups (broad SMARTS) is 1. The molecule has 8 heteroatoms. The molecular formula is C17H20N2O5S. The number of nitrogens with one attached hydrogen (secondary N) is 1. The van der Waals surface area contributed by atoms with E-state index in [4.69, 9.17) is 0 Å². The molecular weight excluding hydrogens is 344 g/mol. The molecule has 2 aliphatic heterocycles. The summed E-state index contributed by atoms with van der Waals surface area (Å²) in [5.74, 6) is -2.02. The van der Waals surface area contributed by atoms with E-state index in [0.29, 0.717) is 0 Å². The molecule has 0 aliphatic carbocycles. The van der Waals surface area contributed by atoms with Crippen LogP contribution in [0.1, 0.15) is 25.0 Å². The molecule has 0 aromatic heterocycles. The highest BCUT2D eigenvalue weighted by Gasteiger charge is 2.68. The summed E-state index contributed by atoms with van der Waals surface area (Å²) in [6, 6.07) is 5.40. The lowest BCUT2D eigenvalue weighted by Gasteiger charge is -2.43. The largest absolute Gasteiger partial charge is 0.480 e. The summed E-state index contributed by atoms with van der Waals surface area (Å²) in [4.78, 5) is 37.2. The van der Waals surface area contributed by atoms with Crippen LogP contribution in [0.2, 0.25) is 0 Å². The average Bonchev–Trinajstić information content (AvgIpc) is 2.70. The predicted molar refractivity (Wildman–Crippen MR) is 91.1 cm³/mol. The van der Waals surface area contributed by atoms with Gasteiger partial charge in [-0.25, -0.2) is 4.79 Å². The Morgan fingerprint density at radius 2 is 2.04 bits per heavy atom. The maximum atomic E-state index is 12.6. The van der Waals surface area contributed by atoms with Crippen molar-refractivity contribution in [3.05, 3.63) is 35.4 Å². The summed E-state index contributed by atoms with van der Waals surface area (Å²) < 4.78 is 11.6. The van der Waals surface area contributed by atoms with E-state index < -0.39 is 44.9 Å². The third-order valence-corrected chi connectivity index (χ3v) is 6.95. The third-order valence-electron chi connectivity index (χ3n) is 4.75. The Hall–Kier alpha value is -2.22. The second-order valence-corrected chi connectivity index (χ2v) is 9.12. The smallest absolute Gasteiger partial charge is 0.328 e. The number of benzene rings is 1. The second-order valence-electron chi connectivity index (χ2n) is 6.99. The quantitative estimate of drug-likeness (QED) is 0.742. The summed E-state index contributed by atoms with van der Waals surface area (Å²) in [5, 5.41) is 11.2. The van der Waals surface area contributed by atoms with Crippen LogP contribution in [0, 0.1) is 6.92 Å². The van der Waals surface area contributed by atoms with Crippen molar-refractivity contribution in [3.63, 3.8) is 0 Å². The molecule has 0 saturated carbocycles. The minimum absolute atomic E-state index is 0.108.